The van der Waals surface area contributed by atoms with E-state index in [1.54, 1.807) is 6.92 Å². The lowest BCUT2D eigenvalue weighted by molar-refractivity contribution is -0.140. The summed E-state index contributed by atoms with van der Waals surface area (Å²) < 4.78 is 22.4. The van der Waals surface area contributed by atoms with E-state index < -0.39 is 21.7 Å². The van der Waals surface area contributed by atoms with Crippen molar-refractivity contribution in [1.82, 2.24) is 5.32 Å². The van der Waals surface area contributed by atoms with Crippen LogP contribution in [-0.2, 0) is 19.4 Å². The van der Waals surface area contributed by atoms with E-state index in [0.717, 1.165) is 0 Å². The van der Waals surface area contributed by atoms with E-state index >= 15 is 0 Å². The predicted molar refractivity (Wildman–Crippen MR) is 69.3 cm³/mol. The van der Waals surface area contributed by atoms with Crippen molar-refractivity contribution in [2.24, 2.45) is 5.92 Å². The number of carbonyl (C=O) groups is 2. The maximum atomic E-state index is 11.5. The van der Waals surface area contributed by atoms with Gasteiger partial charge in [-0.25, -0.2) is 8.42 Å². The maximum Gasteiger partial charge on any atom is 0.307 e. The van der Waals surface area contributed by atoms with Gasteiger partial charge >= 0.3 is 5.97 Å². The molecular formula is C10H17NO5S2. The SMILES string of the molecule is CC(CSCC(=O)NC1CCS(=O)(=O)C1)C(=O)O. The van der Waals surface area contributed by atoms with Gasteiger partial charge in [-0.3, -0.25) is 9.59 Å². The zero-order valence-electron chi connectivity index (χ0n) is 10.1. The largest absolute Gasteiger partial charge is 0.481 e. The number of rotatable bonds is 6. The molecule has 18 heavy (non-hydrogen) atoms. The van der Waals surface area contributed by atoms with E-state index in [4.69, 9.17) is 5.11 Å². The number of thioether (sulfide) groups is 1. The second-order valence-electron chi connectivity index (χ2n) is 4.42. The molecule has 0 radical (unpaired) electrons. The normalized spacial score (nSPS) is 23.5. The van der Waals surface area contributed by atoms with Crippen LogP contribution in [0.2, 0.25) is 0 Å². The molecule has 1 saturated heterocycles. The Morgan fingerprint density at radius 1 is 1.50 bits per heavy atom. The number of nitrogens with one attached hydrogen (secondary N) is 1. The van der Waals surface area contributed by atoms with E-state index in [1.807, 2.05) is 0 Å². The molecule has 1 fully saturated rings. The van der Waals surface area contributed by atoms with Crippen molar-refractivity contribution in [3.05, 3.63) is 0 Å². The van der Waals surface area contributed by atoms with Crippen LogP contribution in [0.4, 0.5) is 0 Å². The molecule has 0 aromatic carbocycles. The maximum absolute atomic E-state index is 11.5. The highest BCUT2D eigenvalue weighted by molar-refractivity contribution is 7.99. The van der Waals surface area contributed by atoms with Crippen molar-refractivity contribution in [2.45, 2.75) is 19.4 Å². The lowest BCUT2D eigenvalue weighted by Crippen LogP contribution is -2.36. The number of hydrogen-bond acceptors (Lipinski definition) is 5. The summed E-state index contributed by atoms with van der Waals surface area (Å²) in [5.74, 6) is -0.949. The topological polar surface area (TPSA) is 101 Å². The van der Waals surface area contributed by atoms with E-state index in [-0.39, 0.29) is 29.2 Å². The third kappa shape index (κ3) is 5.26. The Morgan fingerprint density at radius 3 is 2.67 bits per heavy atom. The molecule has 0 saturated carbocycles. The molecule has 6 nitrogen and oxygen atoms in total. The predicted octanol–water partition coefficient (Wildman–Crippen LogP) is -0.256. The first-order valence-electron chi connectivity index (χ1n) is 5.60. The highest BCUT2D eigenvalue weighted by Gasteiger charge is 2.28. The Balaban J connectivity index is 2.21. The molecule has 8 heteroatoms. The van der Waals surface area contributed by atoms with Gasteiger partial charge in [-0.1, -0.05) is 6.92 Å². The molecule has 1 heterocycles. The average molecular weight is 295 g/mol. The summed E-state index contributed by atoms with van der Waals surface area (Å²) >= 11 is 1.24. The number of carbonyl (C=O) groups excluding carboxylic acids is 1. The molecule has 2 N–H and O–H groups in total. The third-order valence-corrected chi connectivity index (χ3v) is 5.59. The molecular weight excluding hydrogens is 278 g/mol. The summed E-state index contributed by atoms with van der Waals surface area (Å²) in [4.78, 5) is 22.0. The summed E-state index contributed by atoms with van der Waals surface area (Å²) in [5.41, 5.74) is 0. The van der Waals surface area contributed by atoms with Crippen molar-refractivity contribution in [3.63, 3.8) is 0 Å². The number of hydrogen-bond donors (Lipinski definition) is 2. The van der Waals surface area contributed by atoms with Gasteiger partial charge in [0.1, 0.15) is 0 Å². The number of aliphatic carboxylic acids is 1. The average Bonchev–Trinajstić information content (AvgIpc) is 2.57. The van der Waals surface area contributed by atoms with Gasteiger partial charge in [-0.2, -0.15) is 11.8 Å². The summed E-state index contributed by atoms with van der Waals surface area (Å²) in [7, 11) is -2.99. The first-order chi connectivity index (χ1) is 8.30. The van der Waals surface area contributed by atoms with Gasteiger partial charge in [0.25, 0.3) is 0 Å². The van der Waals surface area contributed by atoms with E-state index in [0.29, 0.717) is 12.2 Å². The second-order valence-corrected chi connectivity index (χ2v) is 7.68. The standard InChI is InChI=1S/C10H17NO5S2/c1-7(10(13)14)4-17-5-9(12)11-8-2-3-18(15,16)6-8/h7-8H,2-6H2,1H3,(H,11,12)(H,13,14). The Bertz CT molecular complexity index is 420. The van der Waals surface area contributed by atoms with Crippen molar-refractivity contribution in [1.29, 1.82) is 0 Å². The van der Waals surface area contributed by atoms with Crippen molar-refractivity contribution < 1.29 is 23.1 Å². The Kier molecular flexibility index (Phi) is 5.46. The minimum Gasteiger partial charge on any atom is -0.481 e. The van der Waals surface area contributed by atoms with Gasteiger partial charge in [-0.15, -0.1) is 0 Å². The van der Waals surface area contributed by atoms with Crippen LogP contribution in [-0.4, -0.2) is 54.5 Å². The van der Waals surface area contributed by atoms with Gasteiger partial charge in [-0.05, 0) is 6.42 Å². The number of amides is 1. The second kappa shape index (κ2) is 6.42. The van der Waals surface area contributed by atoms with E-state index in [9.17, 15) is 18.0 Å². The lowest BCUT2D eigenvalue weighted by atomic mass is 10.2. The van der Waals surface area contributed by atoms with Crippen LogP contribution in [0, 0.1) is 5.92 Å². The zero-order chi connectivity index (χ0) is 13.8. The third-order valence-electron chi connectivity index (χ3n) is 2.62. The molecule has 0 bridgehead atoms. The van der Waals surface area contributed by atoms with Crippen molar-refractivity contribution >= 4 is 33.5 Å². The number of carboxylic acids is 1. The van der Waals surface area contributed by atoms with Crippen LogP contribution >= 0.6 is 11.8 Å². The van der Waals surface area contributed by atoms with Crippen LogP contribution in [0.3, 0.4) is 0 Å². The monoisotopic (exact) mass is 295 g/mol. The van der Waals surface area contributed by atoms with Gasteiger partial charge < -0.3 is 10.4 Å². The van der Waals surface area contributed by atoms with Crippen molar-refractivity contribution in [3.8, 4) is 0 Å². The molecule has 2 atom stereocenters. The van der Waals surface area contributed by atoms with Crippen LogP contribution in [0.1, 0.15) is 13.3 Å². The highest BCUT2D eigenvalue weighted by Crippen LogP contribution is 2.12. The van der Waals surface area contributed by atoms with Gasteiger partial charge in [0.15, 0.2) is 9.84 Å². The summed E-state index contributed by atoms with van der Waals surface area (Å²) in [5, 5.41) is 11.3. The highest BCUT2D eigenvalue weighted by atomic mass is 32.2. The van der Waals surface area contributed by atoms with Crippen LogP contribution in [0.15, 0.2) is 0 Å². The molecule has 1 amide bonds. The molecule has 0 spiro atoms. The fourth-order valence-corrected chi connectivity index (χ4v) is 4.13. The fraction of sp³-hybridized carbons (Fsp3) is 0.800. The molecule has 1 rings (SSSR count). The summed E-state index contributed by atoms with van der Waals surface area (Å²) in [6.07, 6.45) is 0.463. The first-order valence-corrected chi connectivity index (χ1v) is 8.58. The molecule has 1 aliphatic rings. The van der Waals surface area contributed by atoms with E-state index in [2.05, 4.69) is 5.32 Å². The van der Waals surface area contributed by atoms with Crippen LogP contribution < -0.4 is 5.32 Å². The molecule has 2 unspecified atom stereocenters. The van der Waals surface area contributed by atoms with Crippen LogP contribution in [0.5, 0.6) is 0 Å². The minimum absolute atomic E-state index is 0.00886. The Hall–Kier alpha value is -0.760. The van der Waals surface area contributed by atoms with Gasteiger partial charge in [0.2, 0.25) is 5.91 Å². The summed E-state index contributed by atoms with van der Waals surface area (Å²) in [6, 6.07) is -0.292. The lowest BCUT2D eigenvalue weighted by Gasteiger charge is -2.11. The quantitative estimate of drug-likeness (QED) is 0.700. The van der Waals surface area contributed by atoms with E-state index in [1.165, 1.54) is 11.8 Å². The Labute approximate surface area is 110 Å². The molecule has 0 aliphatic carbocycles. The van der Waals surface area contributed by atoms with Gasteiger partial charge in [0, 0.05) is 11.8 Å². The molecule has 1 aliphatic heterocycles. The minimum atomic E-state index is -2.99. The number of sulfone groups is 1. The van der Waals surface area contributed by atoms with Crippen LogP contribution in [0.25, 0.3) is 0 Å². The zero-order valence-corrected chi connectivity index (χ0v) is 11.7. The van der Waals surface area contributed by atoms with Crippen molar-refractivity contribution in [2.75, 3.05) is 23.0 Å². The fourth-order valence-electron chi connectivity index (χ4n) is 1.58. The number of carboxylic acid groups (broad SMARTS) is 1. The molecule has 0 aromatic rings. The molecule has 104 valence electrons. The molecule has 0 aromatic heterocycles. The van der Waals surface area contributed by atoms with Gasteiger partial charge in [0.05, 0.1) is 23.2 Å². The Morgan fingerprint density at radius 2 is 2.17 bits per heavy atom. The first kappa shape index (κ1) is 15.3. The summed E-state index contributed by atoms with van der Waals surface area (Å²) in [6.45, 7) is 1.58. The smallest absolute Gasteiger partial charge is 0.307 e.